The molecule has 0 spiro atoms. The minimum absolute atomic E-state index is 0.174. The molecule has 0 fully saturated rings. The summed E-state index contributed by atoms with van der Waals surface area (Å²) in [5.41, 5.74) is 0. The molecule has 0 aliphatic heterocycles. The van der Waals surface area contributed by atoms with Crippen LogP contribution >= 0.6 is 11.8 Å². The van der Waals surface area contributed by atoms with Crippen molar-refractivity contribution in [2.75, 3.05) is 33.1 Å². The molecule has 1 unspecified atom stereocenters. The highest BCUT2D eigenvalue weighted by Crippen LogP contribution is 2.20. The maximum Gasteiger partial charge on any atom is 0.123 e. The summed E-state index contributed by atoms with van der Waals surface area (Å²) in [6.45, 7) is 5.98. The summed E-state index contributed by atoms with van der Waals surface area (Å²) in [5, 5.41) is 13.1. The zero-order valence-corrected chi connectivity index (χ0v) is 13.5. The first-order valence-corrected chi connectivity index (χ1v) is 7.90. The van der Waals surface area contributed by atoms with Gasteiger partial charge in [-0.05, 0) is 32.2 Å². The Hall–Kier alpha value is -0.910. The number of hydrogen-bond donors (Lipinski definition) is 2. The minimum Gasteiger partial charge on any atom is -0.497 e. The molecule has 1 rings (SSSR count). The van der Waals surface area contributed by atoms with Crippen LogP contribution < -0.4 is 14.8 Å². The quantitative estimate of drug-likeness (QED) is 0.732. The van der Waals surface area contributed by atoms with Crippen molar-refractivity contribution in [2.24, 2.45) is 0 Å². The molecule has 0 saturated carbocycles. The smallest absolute Gasteiger partial charge is 0.123 e. The van der Waals surface area contributed by atoms with Crippen molar-refractivity contribution in [3.8, 4) is 11.5 Å². The van der Waals surface area contributed by atoms with Crippen LogP contribution in [-0.4, -0.2) is 49.0 Å². The van der Waals surface area contributed by atoms with E-state index in [-0.39, 0.29) is 11.4 Å². The number of thioether (sulfide) groups is 1. The van der Waals surface area contributed by atoms with Gasteiger partial charge >= 0.3 is 0 Å². The molecule has 0 heterocycles. The van der Waals surface area contributed by atoms with Crippen LogP contribution in [0.5, 0.6) is 11.5 Å². The summed E-state index contributed by atoms with van der Waals surface area (Å²) in [7, 11) is 1.62. The fourth-order valence-corrected chi connectivity index (χ4v) is 1.80. The Kier molecular flexibility index (Phi) is 7.19. The number of aliphatic hydroxyl groups is 1. The summed E-state index contributed by atoms with van der Waals surface area (Å²) in [6.07, 6.45) is 1.56. The number of ether oxygens (including phenoxy) is 2. The Morgan fingerprint density at radius 1 is 1.35 bits per heavy atom. The normalized spacial score (nSPS) is 13.1. The van der Waals surface area contributed by atoms with Crippen LogP contribution in [0.4, 0.5) is 0 Å². The highest BCUT2D eigenvalue weighted by atomic mass is 32.2. The van der Waals surface area contributed by atoms with Gasteiger partial charge in [0.05, 0.1) is 7.11 Å². The van der Waals surface area contributed by atoms with Gasteiger partial charge in [0.25, 0.3) is 0 Å². The Morgan fingerprint density at radius 2 is 2.05 bits per heavy atom. The lowest BCUT2D eigenvalue weighted by Crippen LogP contribution is -2.38. The molecule has 0 aliphatic rings. The van der Waals surface area contributed by atoms with Gasteiger partial charge in [0.15, 0.2) is 0 Å². The van der Waals surface area contributed by atoms with Crippen LogP contribution in [0.3, 0.4) is 0 Å². The van der Waals surface area contributed by atoms with E-state index in [0.29, 0.717) is 12.3 Å². The van der Waals surface area contributed by atoms with Crippen molar-refractivity contribution in [2.45, 2.75) is 24.7 Å². The molecule has 0 amide bonds. The third-order valence-corrected chi connectivity index (χ3v) is 4.22. The van der Waals surface area contributed by atoms with Gasteiger partial charge < -0.3 is 19.9 Å². The third-order valence-electron chi connectivity index (χ3n) is 2.97. The third kappa shape index (κ3) is 6.50. The van der Waals surface area contributed by atoms with Gasteiger partial charge in [0.1, 0.15) is 24.2 Å². The van der Waals surface area contributed by atoms with Gasteiger partial charge in [0, 0.05) is 23.9 Å². The zero-order valence-electron chi connectivity index (χ0n) is 12.7. The van der Waals surface area contributed by atoms with E-state index in [9.17, 15) is 5.11 Å². The Labute approximate surface area is 125 Å². The number of benzene rings is 1. The van der Waals surface area contributed by atoms with Gasteiger partial charge in [0.2, 0.25) is 0 Å². The van der Waals surface area contributed by atoms with Crippen LogP contribution in [0.2, 0.25) is 0 Å². The summed E-state index contributed by atoms with van der Waals surface area (Å²) in [4.78, 5) is 0. The van der Waals surface area contributed by atoms with Crippen LogP contribution in [0.25, 0.3) is 0 Å². The van der Waals surface area contributed by atoms with Gasteiger partial charge in [-0.25, -0.2) is 0 Å². The van der Waals surface area contributed by atoms with E-state index in [2.05, 4.69) is 25.4 Å². The molecule has 0 aromatic heterocycles. The lowest BCUT2D eigenvalue weighted by molar-refractivity contribution is 0.106. The summed E-state index contributed by atoms with van der Waals surface area (Å²) < 4.78 is 10.8. The number of methoxy groups -OCH3 is 1. The maximum atomic E-state index is 9.88. The lowest BCUT2D eigenvalue weighted by Gasteiger charge is -2.23. The van der Waals surface area contributed by atoms with Crippen molar-refractivity contribution >= 4 is 11.8 Å². The Balaban J connectivity index is 2.27. The molecule has 0 radical (unpaired) electrons. The molecule has 4 nitrogen and oxygen atoms in total. The van der Waals surface area contributed by atoms with Crippen LogP contribution in [0, 0.1) is 0 Å². The second-order valence-corrected chi connectivity index (χ2v) is 6.75. The van der Waals surface area contributed by atoms with E-state index in [4.69, 9.17) is 9.47 Å². The monoisotopic (exact) mass is 299 g/mol. The van der Waals surface area contributed by atoms with E-state index in [1.807, 2.05) is 18.2 Å². The van der Waals surface area contributed by atoms with Crippen LogP contribution in [0.15, 0.2) is 24.3 Å². The maximum absolute atomic E-state index is 9.88. The lowest BCUT2D eigenvalue weighted by atomic mass is 10.2. The standard InChI is InChI=1S/C15H25NO3S/c1-15(2,20-4)11-16-9-12(17)10-19-14-7-5-6-13(8-14)18-3/h5-8,12,16-17H,9-11H2,1-4H3. The number of aliphatic hydroxyl groups excluding tert-OH is 1. The van der Waals surface area contributed by atoms with E-state index in [1.165, 1.54) is 0 Å². The van der Waals surface area contributed by atoms with Gasteiger partial charge in [-0.2, -0.15) is 11.8 Å². The molecule has 2 N–H and O–H groups in total. The molecule has 1 atom stereocenters. The molecule has 1 aromatic rings. The Bertz CT molecular complexity index is 398. The largest absolute Gasteiger partial charge is 0.497 e. The molecular formula is C15H25NO3S. The van der Waals surface area contributed by atoms with Gasteiger partial charge in [-0.15, -0.1) is 0 Å². The van der Waals surface area contributed by atoms with Crippen LogP contribution in [-0.2, 0) is 0 Å². The van der Waals surface area contributed by atoms with E-state index >= 15 is 0 Å². The Morgan fingerprint density at radius 3 is 2.70 bits per heavy atom. The highest BCUT2D eigenvalue weighted by molar-refractivity contribution is 7.99. The first kappa shape index (κ1) is 17.1. The molecular weight excluding hydrogens is 274 g/mol. The van der Waals surface area contributed by atoms with Crippen molar-refractivity contribution in [1.29, 1.82) is 0 Å². The second kappa shape index (κ2) is 8.39. The average Bonchev–Trinajstić information content (AvgIpc) is 2.45. The van der Waals surface area contributed by atoms with E-state index in [0.717, 1.165) is 12.3 Å². The van der Waals surface area contributed by atoms with Crippen LogP contribution in [0.1, 0.15) is 13.8 Å². The summed E-state index contributed by atoms with van der Waals surface area (Å²) >= 11 is 1.80. The number of rotatable bonds is 9. The fraction of sp³-hybridized carbons (Fsp3) is 0.600. The second-order valence-electron chi connectivity index (χ2n) is 5.24. The minimum atomic E-state index is -0.529. The number of nitrogens with one attached hydrogen (secondary N) is 1. The molecule has 20 heavy (non-hydrogen) atoms. The van der Waals surface area contributed by atoms with Crippen molar-refractivity contribution in [3.63, 3.8) is 0 Å². The van der Waals surface area contributed by atoms with E-state index < -0.39 is 6.10 Å². The zero-order chi connectivity index (χ0) is 15.0. The number of hydrogen-bond acceptors (Lipinski definition) is 5. The molecule has 114 valence electrons. The summed E-state index contributed by atoms with van der Waals surface area (Å²) in [5.74, 6) is 1.45. The summed E-state index contributed by atoms with van der Waals surface area (Å²) in [6, 6.07) is 7.37. The molecule has 1 aromatic carbocycles. The molecule has 5 heteroatoms. The predicted octanol–water partition coefficient (Wildman–Crippen LogP) is 2.17. The molecule has 0 saturated heterocycles. The molecule has 0 bridgehead atoms. The van der Waals surface area contributed by atoms with Crippen molar-refractivity contribution in [3.05, 3.63) is 24.3 Å². The fourth-order valence-electron chi connectivity index (χ4n) is 1.55. The first-order valence-electron chi connectivity index (χ1n) is 6.67. The van der Waals surface area contributed by atoms with Crippen molar-refractivity contribution in [1.82, 2.24) is 5.32 Å². The SMILES string of the molecule is COc1cccc(OCC(O)CNCC(C)(C)SC)c1. The van der Waals surface area contributed by atoms with Gasteiger partial charge in [-0.1, -0.05) is 6.07 Å². The highest BCUT2D eigenvalue weighted by Gasteiger charge is 2.15. The van der Waals surface area contributed by atoms with E-state index in [1.54, 1.807) is 24.9 Å². The topological polar surface area (TPSA) is 50.7 Å². The molecule has 0 aliphatic carbocycles. The predicted molar refractivity (Wildman–Crippen MR) is 85.0 cm³/mol. The van der Waals surface area contributed by atoms with Crippen molar-refractivity contribution < 1.29 is 14.6 Å². The average molecular weight is 299 g/mol. The van der Waals surface area contributed by atoms with Gasteiger partial charge in [-0.3, -0.25) is 0 Å². The first-order chi connectivity index (χ1) is 9.46.